The molecule has 0 radical (unpaired) electrons. The highest BCUT2D eigenvalue weighted by atomic mass is 19.1. The summed E-state index contributed by atoms with van der Waals surface area (Å²) in [5.41, 5.74) is 2.78. The van der Waals surface area contributed by atoms with E-state index in [9.17, 15) is 4.39 Å². The lowest BCUT2D eigenvalue weighted by atomic mass is 9.70. The van der Waals surface area contributed by atoms with Crippen LogP contribution >= 0.6 is 0 Å². The van der Waals surface area contributed by atoms with Crippen LogP contribution in [0, 0.1) is 34.9 Å². The van der Waals surface area contributed by atoms with E-state index >= 15 is 0 Å². The van der Waals surface area contributed by atoms with Gasteiger partial charge >= 0.3 is 0 Å². The Balaban J connectivity index is 1.45. The van der Waals surface area contributed by atoms with Crippen LogP contribution in [0.25, 0.3) is 0 Å². The minimum Gasteiger partial charge on any atom is -0.207 e. The fourth-order valence-corrected chi connectivity index (χ4v) is 4.87. The zero-order valence-electron chi connectivity index (χ0n) is 16.1. The van der Waals surface area contributed by atoms with Crippen molar-refractivity contribution in [3.05, 3.63) is 72.1 Å². The predicted octanol–water partition coefficient (Wildman–Crippen LogP) is 7.10. The summed E-state index contributed by atoms with van der Waals surface area (Å²) in [5, 5.41) is 8.52. The van der Waals surface area contributed by atoms with Gasteiger partial charge in [0.15, 0.2) is 0 Å². The van der Waals surface area contributed by atoms with E-state index in [0.29, 0.717) is 23.7 Å². The molecule has 0 unspecified atom stereocenters. The van der Waals surface area contributed by atoms with E-state index in [0.717, 1.165) is 0 Å². The minimum absolute atomic E-state index is 0.146. The van der Waals surface area contributed by atoms with E-state index in [1.165, 1.54) is 68.6 Å². The maximum absolute atomic E-state index is 13.1. The molecular weight excluding hydrogens is 333 g/mol. The molecule has 27 heavy (non-hydrogen) atoms. The third kappa shape index (κ3) is 5.42. The Morgan fingerprint density at radius 3 is 2.11 bits per heavy atom. The van der Waals surface area contributed by atoms with Crippen LogP contribution in [-0.2, 0) is 0 Å². The van der Waals surface area contributed by atoms with E-state index < -0.39 is 0 Å². The third-order valence-corrected chi connectivity index (χ3v) is 6.55. The first-order chi connectivity index (χ1) is 13.2. The van der Waals surface area contributed by atoms with Crippen molar-refractivity contribution in [1.29, 1.82) is 5.26 Å². The number of nitriles is 1. The van der Waals surface area contributed by atoms with Crippen molar-refractivity contribution in [2.45, 2.75) is 57.3 Å². The van der Waals surface area contributed by atoms with Crippen molar-refractivity contribution in [1.82, 2.24) is 0 Å². The Morgan fingerprint density at radius 1 is 0.926 bits per heavy atom. The van der Waals surface area contributed by atoms with Crippen molar-refractivity contribution in [2.24, 2.45) is 17.8 Å². The van der Waals surface area contributed by atoms with Crippen molar-refractivity contribution < 1.29 is 4.39 Å². The van der Waals surface area contributed by atoms with Crippen molar-refractivity contribution in [3.8, 4) is 6.07 Å². The van der Waals surface area contributed by atoms with Crippen LogP contribution < -0.4 is 0 Å². The molecule has 1 aromatic rings. The Hall–Kier alpha value is -2.14. The van der Waals surface area contributed by atoms with E-state index in [-0.39, 0.29) is 5.82 Å². The number of halogens is 1. The molecule has 2 aliphatic rings. The molecule has 0 bridgehead atoms. The largest absolute Gasteiger partial charge is 0.207 e. The van der Waals surface area contributed by atoms with Crippen molar-refractivity contribution in [2.75, 3.05) is 0 Å². The average molecular weight is 364 g/mol. The van der Waals surface area contributed by atoms with Crippen LogP contribution in [0.4, 0.5) is 4.39 Å². The molecule has 0 aromatic heterocycles. The van der Waals surface area contributed by atoms with E-state index in [4.69, 9.17) is 5.26 Å². The molecule has 0 spiro atoms. The van der Waals surface area contributed by atoms with Gasteiger partial charge in [0.05, 0.1) is 6.07 Å². The Labute approximate surface area is 163 Å². The van der Waals surface area contributed by atoms with Gasteiger partial charge in [-0.05, 0) is 92.7 Å². The minimum atomic E-state index is -0.146. The first-order valence-corrected chi connectivity index (χ1v) is 10.3. The van der Waals surface area contributed by atoms with Gasteiger partial charge in [0, 0.05) is 6.08 Å². The summed E-state index contributed by atoms with van der Waals surface area (Å²) < 4.78 is 13.1. The first kappa shape index (κ1) is 19.6. The zero-order chi connectivity index (χ0) is 19.1. The Bertz CT molecular complexity index is 706. The van der Waals surface area contributed by atoms with Crippen LogP contribution in [0.5, 0.6) is 0 Å². The highest BCUT2D eigenvalue weighted by molar-refractivity contribution is 5.22. The molecule has 1 aromatic carbocycles. The van der Waals surface area contributed by atoms with Crippen LogP contribution in [0.1, 0.15) is 62.8 Å². The summed E-state index contributed by atoms with van der Waals surface area (Å²) in [7, 11) is 0. The summed E-state index contributed by atoms with van der Waals surface area (Å²) in [6, 6.07) is 9.10. The smallest absolute Gasteiger partial charge is 0.123 e. The molecule has 0 N–H and O–H groups in total. The second kappa shape index (κ2) is 9.70. The quantitative estimate of drug-likeness (QED) is 0.311. The topological polar surface area (TPSA) is 23.8 Å². The Morgan fingerprint density at radius 2 is 1.52 bits per heavy atom. The number of benzene rings is 1. The van der Waals surface area contributed by atoms with E-state index in [1.54, 1.807) is 12.1 Å². The highest BCUT2D eigenvalue weighted by Crippen LogP contribution is 2.43. The number of rotatable bonds is 5. The van der Waals surface area contributed by atoms with Crippen LogP contribution in [-0.4, -0.2) is 0 Å². The van der Waals surface area contributed by atoms with Gasteiger partial charge < -0.3 is 0 Å². The molecule has 2 saturated carbocycles. The summed E-state index contributed by atoms with van der Waals surface area (Å²) in [4.78, 5) is 0. The highest BCUT2D eigenvalue weighted by Gasteiger charge is 2.29. The molecule has 0 atom stereocenters. The second-order valence-corrected chi connectivity index (χ2v) is 8.16. The molecule has 1 nitrogen and oxygen atoms in total. The fraction of sp³-hybridized carbons (Fsp3) is 0.480. The standard InChI is InChI=1S/C25H30FN/c1-19(21-8-6-20(7-9-21)5-3-2-4-18-27)22-10-12-23(13-11-22)24-14-16-25(26)17-15-24/h2-5,14-17,20-23H,1,6-13H2/b4-2+,5-3+. The van der Waals surface area contributed by atoms with E-state index in [2.05, 4.69) is 12.7 Å². The molecule has 0 aliphatic heterocycles. The first-order valence-electron chi connectivity index (χ1n) is 10.3. The molecule has 0 amide bonds. The molecule has 2 heteroatoms. The van der Waals surface area contributed by atoms with Gasteiger partial charge in [0.2, 0.25) is 0 Å². The lowest BCUT2D eigenvalue weighted by molar-refractivity contribution is 0.290. The summed E-state index contributed by atoms with van der Waals surface area (Å²) in [6.07, 6.45) is 17.4. The summed E-state index contributed by atoms with van der Waals surface area (Å²) in [5.74, 6) is 2.42. The van der Waals surface area contributed by atoms with Gasteiger partial charge in [-0.25, -0.2) is 4.39 Å². The average Bonchev–Trinajstić information content (AvgIpc) is 2.72. The normalized spacial score (nSPS) is 29.0. The van der Waals surface area contributed by atoms with Gasteiger partial charge in [-0.15, -0.1) is 0 Å². The van der Waals surface area contributed by atoms with Crippen LogP contribution in [0.15, 0.2) is 60.7 Å². The molecular formula is C25H30FN. The van der Waals surface area contributed by atoms with Crippen LogP contribution in [0.2, 0.25) is 0 Å². The zero-order valence-corrected chi connectivity index (χ0v) is 16.1. The number of allylic oxidation sites excluding steroid dienone is 5. The van der Waals surface area contributed by atoms with Gasteiger partial charge in [0.1, 0.15) is 5.82 Å². The monoisotopic (exact) mass is 363 g/mol. The molecule has 3 rings (SSSR count). The SMILES string of the molecule is C=C(C1CCC(/C=C/C=C/C#N)CC1)C1CCC(c2ccc(F)cc2)CC1. The van der Waals surface area contributed by atoms with Crippen molar-refractivity contribution in [3.63, 3.8) is 0 Å². The van der Waals surface area contributed by atoms with E-state index in [1.807, 2.05) is 30.4 Å². The maximum atomic E-state index is 13.1. The molecule has 0 heterocycles. The second-order valence-electron chi connectivity index (χ2n) is 8.16. The fourth-order valence-electron chi connectivity index (χ4n) is 4.87. The van der Waals surface area contributed by atoms with Crippen molar-refractivity contribution >= 4 is 0 Å². The molecule has 2 aliphatic carbocycles. The van der Waals surface area contributed by atoms with Gasteiger partial charge in [-0.2, -0.15) is 5.26 Å². The summed E-state index contributed by atoms with van der Waals surface area (Å²) in [6.45, 7) is 4.51. The lowest BCUT2D eigenvalue weighted by Crippen LogP contribution is -2.22. The number of hydrogen-bond donors (Lipinski definition) is 0. The van der Waals surface area contributed by atoms with Gasteiger partial charge in [-0.1, -0.05) is 42.5 Å². The maximum Gasteiger partial charge on any atom is 0.123 e. The Kier molecular flexibility index (Phi) is 7.04. The number of nitrogens with zero attached hydrogens (tertiary/aromatic N) is 1. The lowest BCUT2D eigenvalue weighted by Gasteiger charge is -2.36. The van der Waals surface area contributed by atoms with Gasteiger partial charge in [-0.3, -0.25) is 0 Å². The molecule has 0 saturated heterocycles. The van der Waals surface area contributed by atoms with Gasteiger partial charge in [0.25, 0.3) is 0 Å². The molecule has 2 fully saturated rings. The number of hydrogen-bond acceptors (Lipinski definition) is 1. The molecule has 142 valence electrons. The third-order valence-electron chi connectivity index (χ3n) is 6.55. The van der Waals surface area contributed by atoms with Crippen LogP contribution in [0.3, 0.4) is 0 Å². The predicted molar refractivity (Wildman–Crippen MR) is 110 cm³/mol. The summed E-state index contributed by atoms with van der Waals surface area (Å²) >= 11 is 0.